The van der Waals surface area contributed by atoms with Gasteiger partial charge in [-0.1, -0.05) is 11.6 Å². The summed E-state index contributed by atoms with van der Waals surface area (Å²) in [4.78, 5) is 11.5. The first-order valence-corrected chi connectivity index (χ1v) is 5.67. The molecular formula is C12H11ClN2O2. The Hall–Kier alpha value is -1.68. The minimum atomic E-state index is -0.161. The molecule has 5 heteroatoms. The summed E-state index contributed by atoms with van der Waals surface area (Å²) in [5, 5.41) is 17.9. The van der Waals surface area contributed by atoms with E-state index in [9.17, 15) is 9.90 Å². The Bertz CT molecular complexity index is 492. The maximum absolute atomic E-state index is 11.5. The SMILES string of the molecule is O=C1CCCC(O)=C1N=Nc1ccc(Cl)cc1. The Morgan fingerprint density at radius 1 is 1.12 bits per heavy atom. The first kappa shape index (κ1) is 11.8. The summed E-state index contributed by atoms with van der Waals surface area (Å²) in [7, 11) is 0. The van der Waals surface area contributed by atoms with Crippen LogP contribution in [0.3, 0.4) is 0 Å². The lowest BCUT2D eigenvalue weighted by Gasteiger charge is -2.09. The van der Waals surface area contributed by atoms with Gasteiger partial charge in [0.25, 0.3) is 0 Å². The van der Waals surface area contributed by atoms with Gasteiger partial charge in [-0.05, 0) is 30.7 Å². The number of ketones is 1. The maximum Gasteiger partial charge on any atom is 0.186 e. The number of nitrogens with zero attached hydrogens (tertiary/aromatic N) is 2. The fraction of sp³-hybridized carbons (Fsp3) is 0.250. The molecule has 0 amide bonds. The van der Waals surface area contributed by atoms with E-state index in [2.05, 4.69) is 10.2 Å². The number of halogens is 1. The zero-order valence-corrected chi connectivity index (χ0v) is 9.81. The molecule has 0 aliphatic heterocycles. The third-order valence-corrected chi connectivity index (χ3v) is 2.70. The number of azo groups is 1. The fourth-order valence-electron chi connectivity index (χ4n) is 1.54. The molecule has 1 aromatic carbocycles. The second kappa shape index (κ2) is 5.10. The predicted octanol–water partition coefficient (Wildman–Crippen LogP) is 3.95. The molecule has 0 atom stereocenters. The normalized spacial score (nSPS) is 16.9. The Labute approximate surface area is 104 Å². The Morgan fingerprint density at radius 3 is 2.47 bits per heavy atom. The van der Waals surface area contributed by atoms with Crippen LogP contribution in [0, 0.1) is 0 Å². The topological polar surface area (TPSA) is 62.0 Å². The molecule has 0 saturated carbocycles. The lowest BCUT2D eigenvalue weighted by Crippen LogP contribution is -2.09. The van der Waals surface area contributed by atoms with Crippen LogP contribution in [0.2, 0.25) is 5.02 Å². The quantitative estimate of drug-likeness (QED) is 0.808. The van der Waals surface area contributed by atoms with Crippen molar-refractivity contribution in [3.8, 4) is 0 Å². The van der Waals surface area contributed by atoms with Gasteiger partial charge in [0, 0.05) is 17.9 Å². The van der Waals surface area contributed by atoms with Crippen LogP contribution < -0.4 is 0 Å². The molecule has 0 unspecified atom stereocenters. The standard InChI is InChI=1S/C12H11ClN2O2/c13-8-4-6-9(7-5-8)14-15-12-10(16)2-1-3-11(12)17/h4-7,16H,1-3H2. The van der Waals surface area contributed by atoms with Gasteiger partial charge in [-0.25, -0.2) is 0 Å². The van der Waals surface area contributed by atoms with Crippen LogP contribution in [-0.2, 0) is 4.79 Å². The largest absolute Gasteiger partial charge is 0.510 e. The number of allylic oxidation sites excluding steroid dienone is 2. The number of rotatable bonds is 2. The molecule has 0 heterocycles. The first-order chi connectivity index (χ1) is 8.16. The van der Waals surface area contributed by atoms with Crippen molar-refractivity contribution in [2.75, 3.05) is 0 Å². The number of carbonyl (C=O) groups is 1. The number of Topliss-reactive ketones (excluding diaryl/α,β-unsaturated/α-hetero) is 1. The van der Waals surface area contributed by atoms with E-state index in [0.29, 0.717) is 30.0 Å². The highest BCUT2D eigenvalue weighted by atomic mass is 35.5. The summed E-state index contributed by atoms with van der Waals surface area (Å²) in [5.74, 6) is -0.134. The van der Waals surface area contributed by atoms with Gasteiger partial charge >= 0.3 is 0 Å². The first-order valence-electron chi connectivity index (χ1n) is 5.29. The van der Waals surface area contributed by atoms with Crippen molar-refractivity contribution in [2.24, 2.45) is 10.2 Å². The van der Waals surface area contributed by atoms with Crippen LogP contribution in [0.15, 0.2) is 46.0 Å². The zero-order valence-electron chi connectivity index (χ0n) is 9.06. The van der Waals surface area contributed by atoms with Gasteiger partial charge in [0.1, 0.15) is 5.76 Å². The number of aliphatic hydroxyl groups is 1. The molecule has 2 rings (SSSR count). The van der Waals surface area contributed by atoms with Gasteiger partial charge < -0.3 is 5.11 Å². The monoisotopic (exact) mass is 250 g/mol. The van der Waals surface area contributed by atoms with Gasteiger partial charge in [-0.3, -0.25) is 4.79 Å². The fourth-order valence-corrected chi connectivity index (χ4v) is 1.67. The summed E-state index contributed by atoms with van der Waals surface area (Å²) in [6.45, 7) is 0. The van der Waals surface area contributed by atoms with Gasteiger partial charge in [0.2, 0.25) is 0 Å². The average Bonchev–Trinajstić information content (AvgIpc) is 2.31. The summed E-state index contributed by atoms with van der Waals surface area (Å²) >= 11 is 5.73. The minimum absolute atomic E-state index is 0.0268. The van der Waals surface area contributed by atoms with Crippen LogP contribution in [0.25, 0.3) is 0 Å². The van der Waals surface area contributed by atoms with E-state index in [1.807, 2.05) is 0 Å². The van der Waals surface area contributed by atoms with Crippen molar-refractivity contribution in [2.45, 2.75) is 19.3 Å². The lowest BCUT2D eigenvalue weighted by molar-refractivity contribution is -0.116. The summed E-state index contributed by atoms with van der Waals surface area (Å²) in [6.07, 6.45) is 1.57. The third kappa shape index (κ3) is 2.91. The second-order valence-electron chi connectivity index (χ2n) is 3.75. The van der Waals surface area contributed by atoms with Gasteiger partial charge in [-0.2, -0.15) is 5.11 Å². The van der Waals surface area contributed by atoms with E-state index < -0.39 is 0 Å². The van der Waals surface area contributed by atoms with Crippen molar-refractivity contribution in [1.29, 1.82) is 0 Å². The second-order valence-corrected chi connectivity index (χ2v) is 4.18. The zero-order chi connectivity index (χ0) is 12.3. The summed E-state index contributed by atoms with van der Waals surface area (Å²) in [6, 6.07) is 6.76. The van der Waals surface area contributed by atoms with E-state index in [1.165, 1.54) is 0 Å². The molecule has 0 fully saturated rings. The molecule has 1 aliphatic rings. The number of hydrogen-bond donors (Lipinski definition) is 1. The number of aliphatic hydroxyl groups excluding tert-OH is 1. The van der Waals surface area contributed by atoms with Crippen LogP contribution >= 0.6 is 11.6 Å². The van der Waals surface area contributed by atoms with E-state index in [1.54, 1.807) is 24.3 Å². The van der Waals surface area contributed by atoms with Crippen LogP contribution in [0.4, 0.5) is 5.69 Å². The molecule has 0 radical (unpaired) electrons. The van der Waals surface area contributed by atoms with Crippen LogP contribution in [-0.4, -0.2) is 10.9 Å². The Morgan fingerprint density at radius 2 is 1.82 bits per heavy atom. The molecule has 1 aromatic rings. The molecule has 4 nitrogen and oxygen atoms in total. The molecule has 1 aliphatic carbocycles. The number of hydrogen-bond acceptors (Lipinski definition) is 4. The van der Waals surface area contributed by atoms with E-state index in [-0.39, 0.29) is 17.2 Å². The van der Waals surface area contributed by atoms with Crippen LogP contribution in [0.1, 0.15) is 19.3 Å². The molecule has 0 spiro atoms. The van der Waals surface area contributed by atoms with Gasteiger partial charge in [0.05, 0.1) is 5.69 Å². The van der Waals surface area contributed by atoms with E-state index in [0.717, 1.165) is 0 Å². The predicted molar refractivity (Wildman–Crippen MR) is 64.5 cm³/mol. The average molecular weight is 251 g/mol. The lowest BCUT2D eigenvalue weighted by atomic mass is 10.0. The molecule has 0 saturated heterocycles. The Balaban J connectivity index is 2.20. The van der Waals surface area contributed by atoms with Crippen molar-refractivity contribution in [3.63, 3.8) is 0 Å². The smallest absolute Gasteiger partial charge is 0.186 e. The highest BCUT2D eigenvalue weighted by Crippen LogP contribution is 2.23. The molecule has 0 aromatic heterocycles. The number of carbonyl (C=O) groups excluding carboxylic acids is 1. The minimum Gasteiger partial charge on any atom is -0.510 e. The Kier molecular flexibility index (Phi) is 3.54. The maximum atomic E-state index is 11.5. The molecule has 1 N–H and O–H groups in total. The van der Waals surface area contributed by atoms with Gasteiger partial charge in [-0.15, -0.1) is 5.11 Å². The summed E-state index contributed by atoms with van der Waals surface area (Å²) < 4.78 is 0. The van der Waals surface area contributed by atoms with Crippen molar-refractivity contribution in [3.05, 3.63) is 40.7 Å². The highest BCUT2D eigenvalue weighted by molar-refractivity contribution is 6.30. The van der Waals surface area contributed by atoms with Crippen molar-refractivity contribution < 1.29 is 9.90 Å². The van der Waals surface area contributed by atoms with E-state index >= 15 is 0 Å². The summed E-state index contributed by atoms with van der Waals surface area (Å²) in [5.41, 5.74) is 0.666. The molecule has 17 heavy (non-hydrogen) atoms. The number of benzene rings is 1. The third-order valence-electron chi connectivity index (χ3n) is 2.45. The highest BCUT2D eigenvalue weighted by Gasteiger charge is 2.19. The molecule has 0 bridgehead atoms. The van der Waals surface area contributed by atoms with Crippen molar-refractivity contribution >= 4 is 23.1 Å². The molecular weight excluding hydrogens is 240 g/mol. The van der Waals surface area contributed by atoms with Gasteiger partial charge in [0.15, 0.2) is 11.5 Å². The van der Waals surface area contributed by atoms with Crippen LogP contribution in [0.5, 0.6) is 0 Å². The van der Waals surface area contributed by atoms with Crippen molar-refractivity contribution in [1.82, 2.24) is 0 Å². The molecule has 88 valence electrons. The van der Waals surface area contributed by atoms with E-state index in [4.69, 9.17) is 11.6 Å².